The molecule has 0 aliphatic rings. The summed E-state index contributed by atoms with van der Waals surface area (Å²) >= 11 is 0. The minimum absolute atomic E-state index is 0.386. The molecule has 0 aliphatic heterocycles. The molecule has 3 atom stereocenters. The number of rotatable bonds is 10. The molecule has 1 aromatic carbocycles. The highest BCUT2D eigenvalue weighted by Gasteiger charge is 2.31. The van der Waals surface area contributed by atoms with E-state index in [0.717, 1.165) is 0 Å². The number of benzene rings is 1. The smallest absolute Gasteiger partial charge is 0.326 e. The van der Waals surface area contributed by atoms with E-state index in [2.05, 4.69) is 10.6 Å². The number of halogens is 1. The number of nitro groups is 2. The van der Waals surface area contributed by atoms with Crippen LogP contribution in [0.2, 0.25) is 0 Å². The molecule has 0 saturated heterocycles. The fourth-order valence-electron chi connectivity index (χ4n) is 2.38. The highest BCUT2D eigenvalue weighted by molar-refractivity contribution is 5.89. The molecule has 13 nitrogen and oxygen atoms in total. The number of nitrogens with zero attached hydrogens (tertiary/aromatic N) is 2. The van der Waals surface area contributed by atoms with E-state index in [1.165, 1.54) is 13.8 Å². The van der Waals surface area contributed by atoms with Crippen LogP contribution in [-0.4, -0.2) is 50.0 Å². The van der Waals surface area contributed by atoms with Gasteiger partial charge in [0.05, 0.1) is 22.3 Å². The molecular formula is C15H17FN4O9. The van der Waals surface area contributed by atoms with E-state index in [1.54, 1.807) is 0 Å². The zero-order chi connectivity index (χ0) is 22.5. The molecule has 4 N–H and O–H groups in total. The molecular weight excluding hydrogens is 399 g/mol. The summed E-state index contributed by atoms with van der Waals surface area (Å²) in [5.41, 5.74) is -2.54. The third-order valence-electron chi connectivity index (χ3n) is 3.85. The van der Waals surface area contributed by atoms with Crippen molar-refractivity contribution in [2.75, 3.05) is 5.32 Å². The van der Waals surface area contributed by atoms with Gasteiger partial charge in [-0.05, 0) is 12.8 Å². The highest BCUT2D eigenvalue weighted by atomic mass is 19.1. The summed E-state index contributed by atoms with van der Waals surface area (Å²) < 4.78 is 13.8. The first-order valence-corrected chi connectivity index (χ1v) is 7.99. The molecule has 158 valence electrons. The van der Waals surface area contributed by atoms with Gasteiger partial charge in [-0.2, -0.15) is 4.39 Å². The number of anilines is 1. The van der Waals surface area contributed by atoms with Crippen LogP contribution in [0.3, 0.4) is 0 Å². The van der Waals surface area contributed by atoms with E-state index < -0.39 is 75.0 Å². The first-order valence-electron chi connectivity index (χ1n) is 7.99. The maximum atomic E-state index is 13.8. The van der Waals surface area contributed by atoms with Crippen molar-refractivity contribution in [2.24, 2.45) is 5.92 Å². The predicted molar refractivity (Wildman–Crippen MR) is 93.8 cm³/mol. The molecule has 0 radical (unpaired) electrons. The number of nitrogens with one attached hydrogen (secondary N) is 2. The number of hydrogen-bond acceptors (Lipinski definition) is 8. The Morgan fingerprint density at radius 3 is 2.10 bits per heavy atom. The zero-order valence-corrected chi connectivity index (χ0v) is 15.1. The lowest BCUT2D eigenvalue weighted by Crippen LogP contribution is -2.50. The molecule has 0 saturated carbocycles. The number of aliphatic carboxylic acids is 2. The van der Waals surface area contributed by atoms with Crippen LogP contribution < -0.4 is 10.6 Å². The number of hydrogen-bond donors (Lipinski definition) is 4. The maximum Gasteiger partial charge on any atom is 0.326 e. The topological polar surface area (TPSA) is 202 Å². The third-order valence-corrected chi connectivity index (χ3v) is 3.85. The Balaban J connectivity index is 3.06. The van der Waals surface area contributed by atoms with Crippen molar-refractivity contribution in [3.8, 4) is 0 Å². The molecule has 0 spiro atoms. The lowest BCUT2D eigenvalue weighted by atomic mass is 9.98. The van der Waals surface area contributed by atoms with Crippen LogP contribution in [0.25, 0.3) is 0 Å². The van der Waals surface area contributed by atoms with Gasteiger partial charge in [0.15, 0.2) is 0 Å². The van der Waals surface area contributed by atoms with Crippen LogP contribution in [-0.2, 0) is 14.4 Å². The second-order valence-corrected chi connectivity index (χ2v) is 6.10. The monoisotopic (exact) mass is 416 g/mol. The molecule has 0 heterocycles. The van der Waals surface area contributed by atoms with Gasteiger partial charge in [0.25, 0.3) is 5.69 Å². The van der Waals surface area contributed by atoms with Gasteiger partial charge in [-0.15, -0.1) is 0 Å². The van der Waals surface area contributed by atoms with Gasteiger partial charge in [0, 0.05) is 6.07 Å². The summed E-state index contributed by atoms with van der Waals surface area (Å²) in [6, 6.07) is -2.03. The van der Waals surface area contributed by atoms with Gasteiger partial charge >= 0.3 is 17.6 Å². The van der Waals surface area contributed by atoms with Crippen LogP contribution in [0.1, 0.15) is 20.3 Å². The van der Waals surface area contributed by atoms with Crippen LogP contribution in [0, 0.1) is 32.0 Å². The molecule has 0 fully saturated rings. The van der Waals surface area contributed by atoms with Crippen LogP contribution in [0.15, 0.2) is 12.1 Å². The fraction of sp³-hybridized carbons (Fsp3) is 0.400. The molecule has 0 unspecified atom stereocenters. The lowest BCUT2D eigenvalue weighted by Gasteiger charge is -2.23. The predicted octanol–water partition coefficient (Wildman–Crippen LogP) is 1.12. The third kappa shape index (κ3) is 6.08. The van der Waals surface area contributed by atoms with E-state index >= 15 is 0 Å². The minimum atomic E-state index is -1.56. The first-order chi connectivity index (χ1) is 13.3. The quantitative estimate of drug-likeness (QED) is 0.316. The van der Waals surface area contributed by atoms with Crippen molar-refractivity contribution in [1.82, 2.24) is 5.32 Å². The Morgan fingerprint density at radius 1 is 1.10 bits per heavy atom. The number of amides is 1. The normalized spacial score (nSPS) is 13.6. The second-order valence-electron chi connectivity index (χ2n) is 6.10. The van der Waals surface area contributed by atoms with E-state index in [-0.39, 0.29) is 0 Å². The van der Waals surface area contributed by atoms with Crippen LogP contribution in [0.4, 0.5) is 21.5 Å². The zero-order valence-electron chi connectivity index (χ0n) is 15.1. The van der Waals surface area contributed by atoms with Crippen molar-refractivity contribution >= 4 is 34.9 Å². The van der Waals surface area contributed by atoms with E-state index in [9.17, 15) is 44.1 Å². The standard InChI is InChI=1S/C15H17FN4O9/c1-6(3-12(21)22)13(15(24)25)18-14(23)7(2)17-9-4-8(16)10(19(26)27)5-11(9)20(28)29/h4-7,13,17H,3H2,1-2H3,(H,18,23)(H,21,22)(H,24,25)/t6-,7-,13+/m0/s1. The van der Waals surface area contributed by atoms with Gasteiger partial charge in [-0.3, -0.25) is 29.8 Å². The lowest BCUT2D eigenvalue weighted by molar-refractivity contribution is -0.395. The summed E-state index contributed by atoms with van der Waals surface area (Å²) in [5, 5.41) is 44.2. The molecule has 1 aromatic rings. The molecule has 29 heavy (non-hydrogen) atoms. The van der Waals surface area contributed by atoms with E-state index in [0.29, 0.717) is 12.1 Å². The summed E-state index contributed by atoms with van der Waals surface area (Å²) in [7, 11) is 0. The van der Waals surface area contributed by atoms with E-state index in [1.807, 2.05) is 0 Å². The summed E-state index contributed by atoms with van der Waals surface area (Å²) in [6.07, 6.45) is -0.544. The van der Waals surface area contributed by atoms with Gasteiger partial charge in [-0.25, -0.2) is 4.79 Å². The molecule has 14 heteroatoms. The molecule has 0 aromatic heterocycles. The van der Waals surface area contributed by atoms with Crippen molar-refractivity contribution < 1.29 is 38.8 Å². The SMILES string of the molecule is C[C@H](Nc1cc(F)c([N+](=O)[O-])cc1[N+](=O)[O-])C(=O)N[C@@H](C(=O)O)[C@@H](C)CC(=O)O. The van der Waals surface area contributed by atoms with Crippen LogP contribution in [0.5, 0.6) is 0 Å². The Hall–Kier alpha value is -3.84. The minimum Gasteiger partial charge on any atom is -0.481 e. The maximum absolute atomic E-state index is 13.8. The van der Waals surface area contributed by atoms with Crippen molar-refractivity contribution in [1.29, 1.82) is 0 Å². The average molecular weight is 416 g/mol. The number of carboxylic acids is 2. The molecule has 0 aliphatic carbocycles. The van der Waals surface area contributed by atoms with Crippen molar-refractivity contribution in [3.05, 3.63) is 38.2 Å². The molecule has 1 rings (SSSR count). The summed E-state index contributed by atoms with van der Waals surface area (Å²) in [4.78, 5) is 53.9. The summed E-state index contributed by atoms with van der Waals surface area (Å²) in [5.74, 6) is -6.10. The largest absolute Gasteiger partial charge is 0.481 e. The Morgan fingerprint density at radius 2 is 1.66 bits per heavy atom. The summed E-state index contributed by atoms with van der Waals surface area (Å²) in [6.45, 7) is 2.47. The fourth-order valence-corrected chi connectivity index (χ4v) is 2.38. The number of carboxylic acid groups (broad SMARTS) is 2. The number of nitro benzene ring substituents is 2. The Labute approximate surface area is 161 Å². The molecule has 1 amide bonds. The van der Waals surface area contributed by atoms with Gasteiger partial charge in [0.2, 0.25) is 11.7 Å². The van der Waals surface area contributed by atoms with Gasteiger partial charge in [-0.1, -0.05) is 6.92 Å². The van der Waals surface area contributed by atoms with Crippen molar-refractivity contribution in [2.45, 2.75) is 32.4 Å². The first kappa shape index (κ1) is 23.2. The second kappa shape index (κ2) is 9.38. The van der Waals surface area contributed by atoms with Crippen LogP contribution >= 0.6 is 0 Å². The number of carbonyl (C=O) groups is 3. The number of carbonyl (C=O) groups excluding carboxylic acids is 1. The van der Waals surface area contributed by atoms with Crippen molar-refractivity contribution in [3.63, 3.8) is 0 Å². The Kier molecular flexibility index (Phi) is 7.51. The van der Waals surface area contributed by atoms with E-state index in [4.69, 9.17) is 5.11 Å². The average Bonchev–Trinajstić information content (AvgIpc) is 2.57. The van der Waals surface area contributed by atoms with Gasteiger partial charge < -0.3 is 20.8 Å². The van der Waals surface area contributed by atoms with Gasteiger partial charge in [0.1, 0.15) is 17.8 Å². The molecule has 0 bridgehead atoms. The Bertz CT molecular complexity index is 860. The highest BCUT2D eigenvalue weighted by Crippen LogP contribution is 2.32.